The average Bonchev–Trinajstić information content (AvgIpc) is 2.78. The molecule has 6 heteroatoms. The zero-order valence-electron chi connectivity index (χ0n) is 23.3. The van der Waals surface area contributed by atoms with Crippen LogP contribution >= 0.6 is 0 Å². The number of esters is 1. The van der Waals surface area contributed by atoms with Gasteiger partial charge in [-0.2, -0.15) is 0 Å². The van der Waals surface area contributed by atoms with Crippen LogP contribution in [0.3, 0.4) is 0 Å². The smallest absolute Gasteiger partial charge is 0.408 e. The molecule has 1 amide bonds. The minimum absolute atomic E-state index is 0.00922. The van der Waals surface area contributed by atoms with Gasteiger partial charge in [0.25, 0.3) is 0 Å². The zero-order chi connectivity index (χ0) is 26.8. The fourth-order valence-corrected chi connectivity index (χ4v) is 7.66. The summed E-state index contributed by atoms with van der Waals surface area (Å²) < 4.78 is 6.28. The van der Waals surface area contributed by atoms with Gasteiger partial charge < -0.3 is 14.9 Å². The van der Waals surface area contributed by atoms with Gasteiger partial charge >= 0.3 is 12.1 Å². The molecule has 1 aliphatic heterocycles. The molecular formula is C30H49NO5. The molecule has 3 aliphatic rings. The van der Waals surface area contributed by atoms with E-state index >= 15 is 0 Å². The van der Waals surface area contributed by atoms with Gasteiger partial charge in [-0.3, -0.25) is 4.90 Å². The van der Waals surface area contributed by atoms with Gasteiger partial charge in [0.2, 0.25) is 0 Å². The van der Waals surface area contributed by atoms with E-state index < -0.39 is 17.6 Å². The Kier molecular flexibility index (Phi) is 9.21. The van der Waals surface area contributed by atoms with Crippen LogP contribution in [0, 0.1) is 41.4 Å². The summed E-state index contributed by atoms with van der Waals surface area (Å²) in [7, 11) is 0. The van der Waals surface area contributed by atoms with E-state index in [-0.39, 0.29) is 54.6 Å². The van der Waals surface area contributed by atoms with Gasteiger partial charge in [0.1, 0.15) is 17.4 Å². The highest BCUT2D eigenvalue weighted by Gasteiger charge is 2.58. The van der Waals surface area contributed by atoms with Crippen molar-refractivity contribution >= 4 is 12.1 Å². The van der Waals surface area contributed by atoms with Crippen molar-refractivity contribution < 1.29 is 24.5 Å². The van der Waals surface area contributed by atoms with E-state index in [2.05, 4.69) is 48.1 Å². The van der Waals surface area contributed by atoms with Crippen LogP contribution in [-0.2, 0) is 9.53 Å². The number of carboxylic acid groups (broad SMARTS) is 1. The number of rotatable bonds is 7. The maximum atomic E-state index is 14.1. The Balaban J connectivity index is 2.13. The number of carbonyl (C=O) groups is 2. The third kappa shape index (κ3) is 5.47. The lowest BCUT2D eigenvalue weighted by molar-refractivity contribution is -0.154. The van der Waals surface area contributed by atoms with E-state index in [1.165, 1.54) is 4.90 Å². The Hall–Kier alpha value is -1.98. The highest BCUT2D eigenvalue weighted by Crippen LogP contribution is 2.53. The van der Waals surface area contributed by atoms with Crippen molar-refractivity contribution in [3.63, 3.8) is 0 Å². The Morgan fingerprint density at radius 2 is 1.64 bits per heavy atom. The minimum Gasteiger partial charge on any atom is -0.512 e. The van der Waals surface area contributed by atoms with Crippen molar-refractivity contribution in [1.29, 1.82) is 0 Å². The maximum Gasteiger partial charge on any atom is 0.408 e. The molecule has 0 aromatic heterocycles. The van der Waals surface area contributed by atoms with Gasteiger partial charge in [-0.1, -0.05) is 60.5 Å². The summed E-state index contributed by atoms with van der Waals surface area (Å²) in [6, 6.07) is 0. The van der Waals surface area contributed by atoms with E-state index in [9.17, 15) is 19.8 Å². The van der Waals surface area contributed by atoms with Crippen LogP contribution in [0.4, 0.5) is 4.79 Å². The highest BCUT2D eigenvalue weighted by atomic mass is 16.5. The number of hydrogen-bond acceptors (Lipinski definition) is 4. The van der Waals surface area contributed by atoms with E-state index in [1.54, 1.807) is 6.08 Å². The van der Waals surface area contributed by atoms with Gasteiger partial charge in [-0.15, -0.1) is 6.58 Å². The van der Waals surface area contributed by atoms with E-state index in [0.717, 1.165) is 38.5 Å². The molecule has 0 unspecified atom stereocenters. The summed E-state index contributed by atoms with van der Waals surface area (Å²) in [5, 5.41) is 21.7. The lowest BCUT2D eigenvalue weighted by atomic mass is 9.58. The normalized spacial score (nSPS) is 35.7. The fraction of sp³-hybridized carbons (Fsp3) is 0.800. The lowest BCUT2D eigenvalue weighted by Gasteiger charge is -2.55. The first-order chi connectivity index (χ1) is 16.9. The summed E-state index contributed by atoms with van der Waals surface area (Å²) in [5.41, 5.74) is -1.01. The molecule has 0 radical (unpaired) electrons. The van der Waals surface area contributed by atoms with Crippen molar-refractivity contribution in [2.45, 2.75) is 105 Å². The van der Waals surface area contributed by atoms with Crippen LogP contribution in [0.25, 0.3) is 0 Å². The molecule has 2 N–H and O–H groups in total. The van der Waals surface area contributed by atoms with E-state index in [0.29, 0.717) is 23.7 Å². The Labute approximate surface area is 218 Å². The lowest BCUT2D eigenvalue weighted by Crippen LogP contribution is -2.64. The zero-order valence-corrected chi connectivity index (χ0v) is 23.3. The fourth-order valence-electron chi connectivity index (χ4n) is 7.66. The highest BCUT2D eigenvalue weighted by molar-refractivity contribution is 5.93. The van der Waals surface area contributed by atoms with Gasteiger partial charge in [-0.05, 0) is 73.5 Å². The number of nitrogens with zero attached hydrogens (tertiary/aromatic N) is 1. The van der Waals surface area contributed by atoms with Gasteiger partial charge in [0.05, 0.1) is 5.54 Å². The number of aliphatic hydroxyl groups excluding tert-OH is 1. The molecule has 0 spiro atoms. The molecule has 2 aliphatic carbocycles. The second-order valence-electron chi connectivity index (χ2n) is 12.6. The third-order valence-corrected chi connectivity index (χ3v) is 9.52. The SMILES string of the molecule is C=CC[C@@]1([C@H]2C[C@@H](C)CC[C@@H]2C(C)C)C(C(=O)O[C@H]2C[C@@H](C)CC[C@@H]2C(C)C)=C(O)CCN1C(=O)O. The summed E-state index contributed by atoms with van der Waals surface area (Å²) in [6.45, 7) is 17.2. The van der Waals surface area contributed by atoms with Crippen LogP contribution in [0.2, 0.25) is 0 Å². The van der Waals surface area contributed by atoms with Crippen LogP contribution in [0.15, 0.2) is 24.0 Å². The number of aliphatic hydroxyl groups is 1. The molecule has 7 atom stereocenters. The average molecular weight is 504 g/mol. The van der Waals surface area contributed by atoms with Gasteiger partial charge in [0.15, 0.2) is 0 Å². The van der Waals surface area contributed by atoms with Crippen molar-refractivity contribution in [2.75, 3.05) is 6.54 Å². The first kappa shape index (κ1) is 28.6. The van der Waals surface area contributed by atoms with Crippen LogP contribution in [0.1, 0.15) is 92.9 Å². The number of hydrogen-bond donors (Lipinski definition) is 2. The first-order valence-corrected chi connectivity index (χ1v) is 14.2. The molecular weight excluding hydrogens is 454 g/mol. The van der Waals surface area contributed by atoms with Crippen molar-refractivity contribution in [3.8, 4) is 0 Å². The molecule has 2 saturated carbocycles. The van der Waals surface area contributed by atoms with Gasteiger partial charge in [-0.25, -0.2) is 9.59 Å². The molecule has 3 rings (SSSR count). The summed E-state index contributed by atoms with van der Waals surface area (Å²) >= 11 is 0. The van der Waals surface area contributed by atoms with Crippen LogP contribution < -0.4 is 0 Å². The van der Waals surface area contributed by atoms with Gasteiger partial charge in [0, 0.05) is 13.0 Å². The number of carbonyl (C=O) groups excluding carboxylic acids is 1. The monoisotopic (exact) mass is 503 g/mol. The van der Waals surface area contributed by atoms with Crippen molar-refractivity contribution in [2.24, 2.45) is 41.4 Å². The maximum absolute atomic E-state index is 14.1. The standard InChI is InChI=1S/C30H49NO5/c1-8-14-30(24-16-20(6)9-11-22(24)18(2)3)27(25(32)13-15-31(30)29(34)35)28(33)36-26-17-21(7)10-12-23(26)19(4)5/h8,18-24,26,32H,1,9-17H2,2-7H3,(H,34,35)/t20-,21-,22+,23+,24-,26-,30+/m0/s1. The number of ether oxygens (including phenoxy) is 1. The Bertz CT molecular complexity index is 848. The largest absolute Gasteiger partial charge is 0.512 e. The van der Waals surface area contributed by atoms with E-state index in [1.807, 2.05) is 0 Å². The molecule has 0 aromatic rings. The second kappa shape index (κ2) is 11.6. The first-order valence-electron chi connectivity index (χ1n) is 14.2. The predicted octanol–water partition coefficient (Wildman–Crippen LogP) is 7.21. The molecule has 0 aromatic carbocycles. The molecule has 36 heavy (non-hydrogen) atoms. The van der Waals surface area contributed by atoms with Crippen molar-refractivity contribution in [1.82, 2.24) is 4.90 Å². The van der Waals surface area contributed by atoms with Crippen LogP contribution in [-0.4, -0.2) is 45.4 Å². The second-order valence-corrected chi connectivity index (χ2v) is 12.6. The Morgan fingerprint density at radius 1 is 1.06 bits per heavy atom. The molecule has 2 fully saturated rings. The molecule has 0 bridgehead atoms. The summed E-state index contributed by atoms with van der Waals surface area (Å²) in [6.07, 6.45) is 6.64. The summed E-state index contributed by atoms with van der Waals surface area (Å²) in [5.74, 6) is 1.42. The molecule has 6 nitrogen and oxygen atoms in total. The topological polar surface area (TPSA) is 87.1 Å². The van der Waals surface area contributed by atoms with Crippen molar-refractivity contribution in [3.05, 3.63) is 24.0 Å². The molecule has 204 valence electrons. The van der Waals surface area contributed by atoms with Crippen LogP contribution in [0.5, 0.6) is 0 Å². The predicted molar refractivity (Wildman–Crippen MR) is 143 cm³/mol. The molecule has 0 saturated heterocycles. The molecule has 1 heterocycles. The van der Waals surface area contributed by atoms with E-state index in [4.69, 9.17) is 4.74 Å². The third-order valence-electron chi connectivity index (χ3n) is 9.52. The minimum atomic E-state index is -1.18. The Morgan fingerprint density at radius 3 is 2.19 bits per heavy atom. The quantitative estimate of drug-likeness (QED) is 0.283. The number of amides is 1. The summed E-state index contributed by atoms with van der Waals surface area (Å²) in [4.78, 5) is 28.3.